The second kappa shape index (κ2) is 11.4. The van der Waals surface area contributed by atoms with Crippen LogP contribution in [0.2, 0.25) is 0 Å². The number of aryl methyl sites for hydroxylation is 1. The summed E-state index contributed by atoms with van der Waals surface area (Å²) in [6.45, 7) is 5.72. The van der Waals surface area contributed by atoms with E-state index in [1.807, 2.05) is 45.0 Å². The van der Waals surface area contributed by atoms with Gasteiger partial charge in [0.1, 0.15) is 11.9 Å². The van der Waals surface area contributed by atoms with Crippen molar-refractivity contribution in [3.63, 3.8) is 0 Å². The number of pyridine rings is 1. The van der Waals surface area contributed by atoms with Gasteiger partial charge in [0.15, 0.2) is 8.03 Å². The summed E-state index contributed by atoms with van der Waals surface area (Å²) in [7, 11) is -3.43. The topological polar surface area (TPSA) is 96.7 Å². The van der Waals surface area contributed by atoms with Crippen molar-refractivity contribution in [2.24, 2.45) is 0 Å². The summed E-state index contributed by atoms with van der Waals surface area (Å²) in [5, 5.41) is 10.9. The quantitative estimate of drug-likeness (QED) is 0.248. The Morgan fingerprint density at radius 2 is 1.83 bits per heavy atom. The lowest BCUT2D eigenvalue weighted by molar-refractivity contribution is -0.139. The van der Waals surface area contributed by atoms with E-state index < -0.39 is 38.0 Å². The predicted molar refractivity (Wildman–Crippen MR) is 133 cm³/mol. The Hall–Kier alpha value is -3.30. The number of nitrogens with zero attached hydrogens (tertiary/aromatic N) is 1. The van der Waals surface area contributed by atoms with Crippen LogP contribution in [-0.4, -0.2) is 27.1 Å². The number of benzene rings is 2. The molecular weight excluding hydrogens is 468 g/mol. The van der Waals surface area contributed by atoms with Crippen LogP contribution in [0.15, 0.2) is 54.6 Å². The minimum absolute atomic E-state index is 0.207. The van der Waals surface area contributed by atoms with Gasteiger partial charge in [0.05, 0.1) is 23.9 Å². The highest BCUT2D eigenvalue weighted by Gasteiger charge is 2.34. The lowest BCUT2D eigenvalue weighted by Crippen LogP contribution is -2.23. The van der Waals surface area contributed by atoms with Gasteiger partial charge in [-0.05, 0) is 53.3 Å². The first-order valence-corrected chi connectivity index (χ1v) is 12.5. The third kappa shape index (κ3) is 6.04. The van der Waals surface area contributed by atoms with Crippen LogP contribution in [0.3, 0.4) is 0 Å². The Morgan fingerprint density at radius 1 is 1.17 bits per heavy atom. The van der Waals surface area contributed by atoms with Gasteiger partial charge in [-0.2, -0.15) is 0 Å². The molecule has 0 aliphatic carbocycles. The maximum atomic E-state index is 13.7. The molecule has 2 aromatic carbocycles. The molecule has 0 saturated carbocycles. The van der Waals surface area contributed by atoms with E-state index in [0.29, 0.717) is 28.1 Å². The van der Waals surface area contributed by atoms with Crippen molar-refractivity contribution >= 4 is 14.0 Å². The number of carbonyl (C=O) groups excluding carboxylic acids is 1. The van der Waals surface area contributed by atoms with Crippen LogP contribution in [0.5, 0.6) is 0 Å². The van der Waals surface area contributed by atoms with Crippen LogP contribution in [0.1, 0.15) is 48.7 Å². The maximum Gasteiger partial charge on any atom is 0.322 e. The number of ether oxygens (including phenoxy) is 1. The fourth-order valence-electron chi connectivity index (χ4n) is 4.08. The summed E-state index contributed by atoms with van der Waals surface area (Å²) in [5.41, 5.74) is 3.07. The number of rotatable bonds is 8. The standard InChI is InChI=1S/C27H27FNO5P/c1-5-34-24(31)15-23(30)27(35(32)33)25-21(18-10-12-19(28)13-11-18)14-22(29-26(25)16(2)3)20-9-7-6-8-17(20)4/h1,6-14,16,23,27,30,35H,15H2,2-4H3,(H,32,33). The molecule has 0 aliphatic rings. The van der Waals surface area contributed by atoms with Crippen LogP contribution in [0.25, 0.3) is 22.4 Å². The number of hydrogen-bond donors (Lipinski definition) is 2. The molecule has 0 spiro atoms. The van der Waals surface area contributed by atoms with E-state index in [1.165, 1.54) is 12.1 Å². The van der Waals surface area contributed by atoms with E-state index in [1.54, 1.807) is 24.3 Å². The van der Waals surface area contributed by atoms with Gasteiger partial charge in [0, 0.05) is 11.3 Å². The fraction of sp³-hybridized carbons (Fsp3) is 0.259. The van der Waals surface area contributed by atoms with Gasteiger partial charge < -0.3 is 14.7 Å². The molecule has 8 heteroatoms. The first-order chi connectivity index (χ1) is 16.6. The van der Waals surface area contributed by atoms with E-state index in [0.717, 1.165) is 11.1 Å². The van der Waals surface area contributed by atoms with Crippen molar-refractivity contribution in [1.82, 2.24) is 4.98 Å². The Balaban J connectivity index is 2.33. The molecule has 3 atom stereocenters. The minimum Gasteiger partial charge on any atom is -0.391 e. The molecule has 3 aromatic rings. The largest absolute Gasteiger partial charge is 0.391 e. The van der Waals surface area contributed by atoms with Gasteiger partial charge >= 0.3 is 5.97 Å². The van der Waals surface area contributed by atoms with Gasteiger partial charge in [-0.1, -0.05) is 56.7 Å². The number of esters is 1. The molecule has 3 rings (SSSR count). The Bertz CT molecular complexity index is 1280. The summed E-state index contributed by atoms with van der Waals surface area (Å²) < 4.78 is 30.9. The average molecular weight is 495 g/mol. The molecule has 1 aromatic heterocycles. The van der Waals surface area contributed by atoms with Gasteiger partial charge in [-0.15, -0.1) is 0 Å². The molecule has 0 amide bonds. The molecule has 182 valence electrons. The summed E-state index contributed by atoms with van der Waals surface area (Å²) in [5.74, 6) is -1.54. The SMILES string of the molecule is C#COC(=O)CC(O)C(c1c(-c2ccc(F)cc2)cc(-c2ccccc2C)nc1C(C)C)[PH](=O)O. The fourth-order valence-corrected chi connectivity index (χ4v) is 5.08. The average Bonchev–Trinajstić information content (AvgIpc) is 2.80. The number of halogens is 1. The number of aliphatic hydroxyl groups is 1. The molecule has 0 fully saturated rings. The van der Waals surface area contributed by atoms with Crippen LogP contribution >= 0.6 is 8.03 Å². The number of terminal acetylenes is 1. The van der Waals surface area contributed by atoms with Crippen LogP contribution in [0, 0.1) is 25.3 Å². The van der Waals surface area contributed by atoms with E-state index >= 15 is 0 Å². The number of hydrogen-bond acceptors (Lipinski definition) is 5. The first kappa shape index (κ1) is 26.3. The molecule has 1 heterocycles. The summed E-state index contributed by atoms with van der Waals surface area (Å²) in [6.07, 6.45) is 4.60. The summed E-state index contributed by atoms with van der Waals surface area (Å²) in [4.78, 5) is 27.1. The minimum atomic E-state index is -3.43. The number of aromatic nitrogens is 1. The lowest BCUT2D eigenvalue weighted by atomic mass is 9.88. The van der Waals surface area contributed by atoms with Crippen molar-refractivity contribution in [3.8, 4) is 34.9 Å². The van der Waals surface area contributed by atoms with E-state index in [4.69, 9.17) is 11.4 Å². The molecule has 3 unspecified atom stereocenters. The highest BCUT2D eigenvalue weighted by atomic mass is 31.1. The van der Waals surface area contributed by atoms with Crippen molar-refractivity contribution in [2.75, 3.05) is 0 Å². The molecule has 0 radical (unpaired) electrons. The summed E-state index contributed by atoms with van der Waals surface area (Å²) >= 11 is 0. The van der Waals surface area contributed by atoms with E-state index in [2.05, 4.69) is 4.74 Å². The van der Waals surface area contributed by atoms with Gasteiger partial charge in [0.2, 0.25) is 0 Å². The van der Waals surface area contributed by atoms with Crippen molar-refractivity contribution < 1.29 is 28.5 Å². The van der Waals surface area contributed by atoms with E-state index in [9.17, 15) is 23.7 Å². The van der Waals surface area contributed by atoms with E-state index in [-0.39, 0.29) is 5.92 Å². The smallest absolute Gasteiger partial charge is 0.322 e. The van der Waals surface area contributed by atoms with Crippen LogP contribution in [0.4, 0.5) is 4.39 Å². The molecule has 2 N–H and O–H groups in total. The second-order valence-corrected chi connectivity index (χ2v) is 9.81. The number of carbonyl (C=O) groups is 1. The van der Waals surface area contributed by atoms with Gasteiger partial charge in [-0.3, -0.25) is 14.3 Å². The monoisotopic (exact) mass is 495 g/mol. The Morgan fingerprint density at radius 3 is 2.40 bits per heavy atom. The second-order valence-electron chi connectivity index (χ2n) is 8.51. The molecule has 6 nitrogen and oxygen atoms in total. The zero-order chi connectivity index (χ0) is 25.7. The Kier molecular flexibility index (Phi) is 8.58. The number of aliphatic hydroxyl groups excluding tert-OH is 1. The van der Waals surface area contributed by atoms with Crippen LogP contribution < -0.4 is 0 Å². The maximum absolute atomic E-state index is 13.7. The van der Waals surface area contributed by atoms with Gasteiger partial charge in [0.25, 0.3) is 0 Å². The highest BCUT2D eigenvalue weighted by Crippen LogP contribution is 2.48. The molecule has 35 heavy (non-hydrogen) atoms. The van der Waals surface area contributed by atoms with Crippen molar-refractivity contribution in [1.29, 1.82) is 0 Å². The Labute approximate surface area is 204 Å². The third-order valence-electron chi connectivity index (χ3n) is 5.72. The third-order valence-corrected chi connectivity index (χ3v) is 6.93. The van der Waals surface area contributed by atoms with Crippen molar-refractivity contribution in [2.45, 2.75) is 44.9 Å². The zero-order valence-corrected chi connectivity index (χ0v) is 20.7. The van der Waals surface area contributed by atoms with Crippen molar-refractivity contribution in [3.05, 3.63) is 77.2 Å². The molecule has 0 saturated heterocycles. The lowest BCUT2D eigenvalue weighted by Gasteiger charge is -2.27. The first-order valence-electron chi connectivity index (χ1n) is 11.1. The molecule has 0 bridgehead atoms. The highest BCUT2D eigenvalue weighted by molar-refractivity contribution is 7.38. The predicted octanol–water partition coefficient (Wildman–Crippen LogP) is 5.38. The molecule has 0 aliphatic heterocycles. The van der Waals surface area contributed by atoms with Gasteiger partial charge in [-0.25, -0.2) is 4.39 Å². The summed E-state index contributed by atoms with van der Waals surface area (Å²) in [6, 6.07) is 15.1. The zero-order valence-electron chi connectivity index (χ0n) is 19.7. The normalized spacial score (nSPS) is 13.7. The molecular formula is C27H27FNO5P. The van der Waals surface area contributed by atoms with Crippen LogP contribution in [-0.2, 0) is 14.1 Å².